The van der Waals surface area contributed by atoms with E-state index in [2.05, 4.69) is 11.0 Å². The first kappa shape index (κ1) is 15.9. The average molecular weight is 286 g/mol. The van der Waals surface area contributed by atoms with Crippen LogP contribution in [0.2, 0.25) is 0 Å². The molecule has 0 amide bonds. The lowest BCUT2D eigenvalue weighted by molar-refractivity contribution is -0.0893. The SMILES string of the molecule is CC(C)(O)C(C)(C)OBc1cccc(N2CCC2)c1C#N. The molecule has 1 saturated heterocycles. The molecular weight excluding hydrogens is 263 g/mol. The van der Waals surface area contributed by atoms with Crippen LogP contribution in [0.4, 0.5) is 5.69 Å². The van der Waals surface area contributed by atoms with Crippen molar-refractivity contribution >= 4 is 18.6 Å². The number of nitriles is 1. The van der Waals surface area contributed by atoms with Crippen molar-refractivity contribution in [2.24, 2.45) is 0 Å². The van der Waals surface area contributed by atoms with Gasteiger partial charge in [0.2, 0.25) is 0 Å². The van der Waals surface area contributed by atoms with Gasteiger partial charge in [-0.15, -0.1) is 0 Å². The van der Waals surface area contributed by atoms with Crippen molar-refractivity contribution in [3.8, 4) is 6.07 Å². The first-order valence-electron chi connectivity index (χ1n) is 7.39. The molecule has 21 heavy (non-hydrogen) atoms. The molecule has 5 heteroatoms. The summed E-state index contributed by atoms with van der Waals surface area (Å²) in [7, 11) is 0.321. The monoisotopic (exact) mass is 286 g/mol. The quantitative estimate of drug-likeness (QED) is 0.829. The van der Waals surface area contributed by atoms with Crippen molar-refractivity contribution in [2.45, 2.75) is 45.3 Å². The first-order valence-corrected chi connectivity index (χ1v) is 7.39. The van der Waals surface area contributed by atoms with E-state index in [4.69, 9.17) is 4.65 Å². The molecular formula is C16H23BN2O2. The van der Waals surface area contributed by atoms with Gasteiger partial charge in [-0.05, 0) is 45.6 Å². The fourth-order valence-electron chi connectivity index (χ4n) is 2.09. The van der Waals surface area contributed by atoms with Gasteiger partial charge in [0.25, 0.3) is 0 Å². The zero-order valence-corrected chi connectivity index (χ0v) is 13.3. The lowest BCUT2D eigenvalue weighted by Gasteiger charge is -2.38. The van der Waals surface area contributed by atoms with Gasteiger partial charge in [0.05, 0.1) is 22.5 Å². The van der Waals surface area contributed by atoms with E-state index in [0.29, 0.717) is 13.0 Å². The predicted molar refractivity (Wildman–Crippen MR) is 86.2 cm³/mol. The Kier molecular flexibility index (Phi) is 4.31. The molecule has 0 bridgehead atoms. The molecule has 0 spiro atoms. The molecule has 112 valence electrons. The Morgan fingerprint density at radius 1 is 1.29 bits per heavy atom. The summed E-state index contributed by atoms with van der Waals surface area (Å²) in [6, 6.07) is 8.17. The minimum Gasteiger partial charge on any atom is -0.427 e. The molecule has 0 aliphatic carbocycles. The summed E-state index contributed by atoms with van der Waals surface area (Å²) in [5.74, 6) is 0. The van der Waals surface area contributed by atoms with Gasteiger partial charge in [-0.1, -0.05) is 12.1 Å². The van der Waals surface area contributed by atoms with Gasteiger partial charge in [-0.25, -0.2) is 0 Å². The summed E-state index contributed by atoms with van der Waals surface area (Å²) >= 11 is 0. The van der Waals surface area contributed by atoms with Crippen molar-refractivity contribution in [3.63, 3.8) is 0 Å². The van der Waals surface area contributed by atoms with E-state index >= 15 is 0 Å². The molecule has 1 aliphatic heterocycles. The van der Waals surface area contributed by atoms with Gasteiger partial charge in [0, 0.05) is 13.1 Å². The third kappa shape index (κ3) is 3.23. The lowest BCUT2D eigenvalue weighted by atomic mass is 9.80. The molecule has 0 radical (unpaired) electrons. The Morgan fingerprint density at radius 3 is 2.43 bits per heavy atom. The molecule has 0 saturated carbocycles. The van der Waals surface area contributed by atoms with Gasteiger partial charge in [0.1, 0.15) is 6.07 Å². The average Bonchev–Trinajstić information content (AvgIpc) is 2.33. The van der Waals surface area contributed by atoms with Crippen LogP contribution in [0.3, 0.4) is 0 Å². The van der Waals surface area contributed by atoms with Crippen LogP contribution in [0.1, 0.15) is 39.7 Å². The zero-order chi connectivity index (χ0) is 15.7. The number of benzene rings is 1. The van der Waals surface area contributed by atoms with E-state index in [1.54, 1.807) is 13.8 Å². The van der Waals surface area contributed by atoms with Crippen molar-refractivity contribution in [1.82, 2.24) is 0 Å². The van der Waals surface area contributed by atoms with Crippen LogP contribution in [0.15, 0.2) is 18.2 Å². The Morgan fingerprint density at radius 2 is 1.95 bits per heavy atom. The van der Waals surface area contributed by atoms with Crippen LogP contribution in [0.25, 0.3) is 0 Å². The summed E-state index contributed by atoms with van der Waals surface area (Å²) in [4.78, 5) is 2.21. The van der Waals surface area contributed by atoms with Gasteiger partial charge >= 0.3 is 7.48 Å². The molecule has 1 N–H and O–H groups in total. The minimum atomic E-state index is -0.950. The summed E-state index contributed by atoms with van der Waals surface area (Å²) in [5.41, 5.74) is 0.912. The van der Waals surface area contributed by atoms with Crippen molar-refractivity contribution in [2.75, 3.05) is 18.0 Å². The Hall–Kier alpha value is -1.51. The van der Waals surface area contributed by atoms with Crippen molar-refractivity contribution < 1.29 is 9.76 Å². The van der Waals surface area contributed by atoms with Gasteiger partial charge in [-0.3, -0.25) is 0 Å². The van der Waals surface area contributed by atoms with Crippen LogP contribution in [0, 0.1) is 11.3 Å². The van der Waals surface area contributed by atoms with E-state index in [1.807, 2.05) is 32.0 Å². The highest BCUT2D eigenvalue weighted by atomic mass is 16.5. The van der Waals surface area contributed by atoms with Crippen LogP contribution in [0.5, 0.6) is 0 Å². The maximum atomic E-state index is 10.1. The van der Waals surface area contributed by atoms with Crippen molar-refractivity contribution in [1.29, 1.82) is 5.26 Å². The first-order chi connectivity index (χ1) is 9.76. The highest BCUT2D eigenvalue weighted by Crippen LogP contribution is 2.26. The second-order valence-corrected chi connectivity index (χ2v) is 6.62. The maximum Gasteiger partial charge on any atom is 0.310 e. The number of anilines is 1. The number of aliphatic hydroxyl groups is 1. The standard InChI is InChI=1S/C16H23BN2O2/c1-15(2,20)16(3,4)21-17-13-7-5-8-14(12(13)11-18)19-9-6-10-19/h5,7-8,17,20H,6,9-10H2,1-4H3. The normalized spacial score (nSPS) is 15.3. The molecule has 2 rings (SSSR count). The summed E-state index contributed by atoms with van der Waals surface area (Å²) in [6.45, 7) is 9.20. The maximum absolute atomic E-state index is 10.1. The molecule has 1 aromatic carbocycles. The van der Waals surface area contributed by atoms with Gasteiger partial charge in [0.15, 0.2) is 0 Å². The van der Waals surface area contributed by atoms with E-state index in [-0.39, 0.29) is 0 Å². The fraction of sp³-hybridized carbons (Fsp3) is 0.562. The molecule has 0 aromatic heterocycles. The molecule has 0 unspecified atom stereocenters. The summed E-state index contributed by atoms with van der Waals surface area (Å²) < 4.78 is 5.89. The van der Waals surface area contributed by atoms with Crippen LogP contribution < -0.4 is 10.4 Å². The molecule has 1 heterocycles. The molecule has 1 aromatic rings. The second-order valence-electron chi connectivity index (χ2n) is 6.62. The smallest absolute Gasteiger partial charge is 0.310 e. The molecule has 1 aliphatic rings. The number of nitrogens with zero attached hydrogens (tertiary/aromatic N) is 2. The second kappa shape index (κ2) is 5.71. The van der Waals surface area contributed by atoms with Crippen LogP contribution in [-0.4, -0.2) is 36.9 Å². The largest absolute Gasteiger partial charge is 0.427 e. The van der Waals surface area contributed by atoms with Gasteiger partial charge < -0.3 is 14.7 Å². The fourth-order valence-corrected chi connectivity index (χ4v) is 2.09. The number of hydrogen-bond donors (Lipinski definition) is 1. The predicted octanol–water partition coefficient (Wildman–Crippen LogP) is 1.31. The third-order valence-electron chi connectivity index (χ3n) is 4.50. The highest BCUT2D eigenvalue weighted by Gasteiger charge is 2.36. The van der Waals surface area contributed by atoms with E-state index < -0.39 is 11.2 Å². The number of rotatable bonds is 5. The molecule has 4 nitrogen and oxygen atoms in total. The van der Waals surface area contributed by atoms with E-state index in [1.165, 1.54) is 6.42 Å². The summed E-state index contributed by atoms with van der Waals surface area (Å²) in [5, 5.41) is 19.6. The third-order valence-corrected chi connectivity index (χ3v) is 4.50. The molecule has 1 fully saturated rings. The number of hydrogen-bond acceptors (Lipinski definition) is 4. The van der Waals surface area contributed by atoms with Crippen LogP contribution in [-0.2, 0) is 4.65 Å². The van der Waals surface area contributed by atoms with Crippen molar-refractivity contribution in [3.05, 3.63) is 23.8 Å². The van der Waals surface area contributed by atoms with Gasteiger partial charge in [-0.2, -0.15) is 5.26 Å². The molecule has 0 atom stereocenters. The minimum absolute atomic E-state index is 0.321. The van der Waals surface area contributed by atoms with E-state index in [9.17, 15) is 10.4 Å². The Balaban J connectivity index is 2.19. The Bertz CT molecular complexity index is 554. The topological polar surface area (TPSA) is 56.5 Å². The van der Waals surface area contributed by atoms with E-state index in [0.717, 1.165) is 24.2 Å². The summed E-state index contributed by atoms with van der Waals surface area (Å²) in [6.07, 6.45) is 1.18. The van der Waals surface area contributed by atoms with Crippen LogP contribution >= 0.6 is 0 Å². The zero-order valence-electron chi connectivity index (χ0n) is 13.3. The lowest BCUT2D eigenvalue weighted by Crippen LogP contribution is -2.49. The highest BCUT2D eigenvalue weighted by molar-refractivity contribution is 6.48. The Labute approximate surface area is 127 Å².